The second kappa shape index (κ2) is 7.26. The van der Waals surface area contributed by atoms with Gasteiger partial charge in [-0.05, 0) is 53.1 Å². The van der Waals surface area contributed by atoms with Crippen molar-refractivity contribution in [2.75, 3.05) is 0 Å². The van der Waals surface area contributed by atoms with Gasteiger partial charge in [0.25, 0.3) is 0 Å². The number of phenolic OH excluding ortho intramolecular Hbond substituents is 2. The topological polar surface area (TPSA) is 49.7 Å². The van der Waals surface area contributed by atoms with Crippen molar-refractivity contribution in [2.24, 2.45) is 0 Å². The first kappa shape index (κ1) is 16.7. The molecule has 2 N–H and O–H groups in total. The third kappa shape index (κ3) is 3.77. The Balaban J connectivity index is 1.50. The average molecular weight is 354 g/mol. The molecule has 0 unspecified atom stereocenters. The molecular formula is C24H18O3. The molecule has 0 fully saturated rings. The molecule has 0 saturated heterocycles. The van der Waals surface area contributed by atoms with Gasteiger partial charge in [-0.2, -0.15) is 0 Å². The SMILES string of the molecule is Oc1ccc(-c2ccc(Oc3ccc(-c4ccccc4)cc3)cc2)c(O)c1. The summed E-state index contributed by atoms with van der Waals surface area (Å²) in [7, 11) is 0. The molecule has 0 aliphatic heterocycles. The van der Waals surface area contributed by atoms with E-state index in [1.165, 1.54) is 11.6 Å². The maximum atomic E-state index is 9.98. The van der Waals surface area contributed by atoms with Gasteiger partial charge in [-0.25, -0.2) is 0 Å². The predicted molar refractivity (Wildman–Crippen MR) is 107 cm³/mol. The third-order valence-corrected chi connectivity index (χ3v) is 4.34. The van der Waals surface area contributed by atoms with Crippen LogP contribution in [0.15, 0.2) is 97.1 Å². The minimum atomic E-state index is 0.0372. The van der Waals surface area contributed by atoms with Crippen LogP contribution in [0.5, 0.6) is 23.0 Å². The standard InChI is InChI=1S/C24H18O3/c25-20-10-15-23(24(26)16-20)19-8-13-22(14-9-19)27-21-11-6-18(7-12-21)17-4-2-1-3-5-17/h1-16,25-26H. The normalized spacial score (nSPS) is 10.5. The van der Waals surface area contributed by atoms with Gasteiger partial charge in [0.2, 0.25) is 0 Å². The van der Waals surface area contributed by atoms with Crippen LogP contribution >= 0.6 is 0 Å². The van der Waals surface area contributed by atoms with Crippen LogP contribution in [0.1, 0.15) is 0 Å². The average Bonchev–Trinajstić information content (AvgIpc) is 2.70. The fourth-order valence-corrected chi connectivity index (χ4v) is 2.95. The van der Waals surface area contributed by atoms with Gasteiger partial charge in [0, 0.05) is 11.6 Å². The van der Waals surface area contributed by atoms with Crippen LogP contribution in [-0.4, -0.2) is 10.2 Å². The minimum Gasteiger partial charge on any atom is -0.508 e. The highest BCUT2D eigenvalue weighted by Gasteiger charge is 2.06. The van der Waals surface area contributed by atoms with E-state index in [2.05, 4.69) is 12.1 Å². The van der Waals surface area contributed by atoms with E-state index in [1.807, 2.05) is 66.7 Å². The summed E-state index contributed by atoms with van der Waals surface area (Å²) < 4.78 is 5.91. The van der Waals surface area contributed by atoms with Crippen LogP contribution in [0, 0.1) is 0 Å². The highest BCUT2D eigenvalue weighted by atomic mass is 16.5. The van der Waals surface area contributed by atoms with Crippen LogP contribution < -0.4 is 4.74 Å². The quantitative estimate of drug-likeness (QED) is 0.457. The van der Waals surface area contributed by atoms with Gasteiger partial charge in [0.05, 0.1) is 0 Å². The molecule has 4 aromatic rings. The zero-order chi connectivity index (χ0) is 18.6. The van der Waals surface area contributed by atoms with Crippen molar-refractivity contribution < 1.29 is 14.9 Å². The van der Waals surface area contributed by atoms with Crippen LogP contribution in [0.25, 0.3) is 22.3 Å². The first-order valence-electron chi connectivity index (χ1n) is 8.65. The fraction of sp³-hybridized carbons (Fsp3) is 0. The summed E-state index contributed by atoms with van der Waals surface area (Å²) in [6.07, 6.45) is 0. The van der Waals surface area contributed by atoms with Gasteiger partial charge < -0.3 is 14.9 Å². The molecule has 0 aromatic heterocycles. The van der Waals surface area contributed by atoms with Gasteiger partial charge in [-0.3, -0.25) is 0 Å². The number of ether oxygens (including phenoxy) is 1. The number of benzene rings is 4. The fourth-order valence-electron chi connectivity index (χ4n) is 2.95. The van der Waals surface area contributed by atoms with Crippen molar-refractivity contribution in [1.82, 2.24) is 0 Å². The summed E-state index contributed by atoms with van der Waals surface area (Å²) in [5.74, 6) is 1.55. The Labute approximate surface area is 157 Å². The van der Waals surface area contributed by atoms with E-state index < -0.39 is 0 Å². The van der Waals surface area contributed by atoms with Gasteiger partial charge >= 0.3 is 0 Å². The van der Waals surface area contributed by atoms with Crippen molar-refractivity contribution in [3.8, 4) is 45.3 Å². The van der Waals surface area contributed by atoms with Crippen LogP contribution in [-0.2, 0) is 0 Å². The summed E-state index contributed by atoms with van der Waals surface area (Å²) in [5, 5.41) is 19.4. The van der Waals surface area contributed by atoms with E-state index >= 15 is 0 Å². The summed E-state index contributed by atoms with van der Waals surface area (Å²) in [6.45, 7) is 0. The highest BCUT2D eigenvalue weighted by molar-refractivity contribution is 5.71. The first-order chi connectivity index (χ1) is 13.2. The lowest BCUT2D eigenvalue weighted by Gasteiger charge is -2.09. The molecule has 0 aliphatic carbocycles. The molecule has 3 heteroatoms. The summed E-state index contributed by atoms with van der Waals surface area (Å²) in [5.41, 5.74) is 3.81. The summed E-state index contributed by atoms with van der Waals surface area (Å²) >= 11 is 0. The molecule has 0 atom stereocenters. The van der Waals surface area contributed by atoms with E-state index in [-0.39, 0.29) is 11.5 Å². The Kier molecular flexibility index (Phi) is 4.50. The monoisotopic (exact) mass is 354 g/mol. The first-order valence-corrected chi connectivity index (χ1v) is 8.65. The van der Waals surface area contributed by atoms with Gasteiger partial charge in [-0.1, -0.05) is 54.6 Å². The van der Waals surface area contributed by atoms with Gasteiger partial charge in [0.15, 0.2) is 0 Å². The molecule has 27 heavy (non-hydrogen) atoms. The molecule has 0 saturated carbocycles. The Morgan fingerprint density at radius 3 is 1.67 bits per heavy atom. The van der Waals surface area contributed by atoms with Crippen molar-refractivity contribution in [2.45, 2.75) is 0 Å². The van der Waals surface area contributed by atoms with E-state index in [0.717, 1.165) is 16.9 Å². The maximum absolute atomic E-state index is 9.98. The molecule has 0 aliphatic rings. The molecule has 4 aromatic carbocycles. The molecule has 0 spiro atoms. The van der Waals surface area contributed by atoms with E-state index in [1.54, 1.807) is 12.1 Å². The molecule has 0 radical (unpaired) electrons. The maximum Gasteiger partial charge on any atom is 0.127 e. The molecule has 3 nitrogen and oxygen atoms in total. The number of rotatable bonds is 4. The van der Waals surface area contributed by atoms with Gasteiger partial charge in [-0.15, -0.1) is 0 Å². The smallest absolute Gasteiger partial charge is 0.127 e. The molecule has 0 bridgehead atoms. The summed E-state index contributed by atoms with van der Waals surface area (Å²) in [6, 6.07) is 30.2. The number of phenols is 2. The molecular weight excluding hydrogens is 336 g/mol. The number of hydrogen-bond donors (Lipinski definition) is 2. The van der Waals surface area contributed by atoms with Crippen molar-refractivity contribution in [1.29, 1.82) is 0 Å². The minimum absolute atomic E-state index is 0.0372. The largest absolute Gasteiger partial charge is 0.508 e. The Morgan fingerprint density at radius 2 is 1.07 bits per heavy atom. The lowest BCUT2D eigenvalue weighted by Crippen LogP contribution is -1.85. The number of hydrogen-bond acceptors (Lipinski definition) is 3. The molecule has 132 valence electrons. The highest BCUT2D eigenvalue weighted by Crippen LogP contribution is 2.33. The zero-order valence-corrected chi connectivity index (χ0v) is 14.5. The lowest BCUT2D eigenvalue weighted by molar-refractivity contribution is 0.452. The number of aromatic hydroxyl groups is 2. The van der Waals surface area contributed by atoms with Crippen molar-refractivity contribution in [3.63, 3.8) is 0 Å². The summed E-state index contributed by atoms with van der Waals surface area (Å²) in [4.78, 5) is 0. The Bertz CT molecular complexity index is 1040. The van der Waals surface area contributed by atoms with Gasteiger partial charge in [0.1, 0.15) is 23.0 Å². The third-order valence-electron chi connectivity index (χ3n) is 4.34. The molecule has 4 rings (SSSR count). The van der Waals surface area contributed by atoms with Crippen LogP contribution in [0.2, 0.25) is 0 Å². The van der Waals surface area contributed by atoms with E-state index in [0.29, 0.717) is 11.3 Å². The molecule has 0 heterocycles. The second-order valence-corrected chi connectivity index (χ2v) is 6.22. The predicted octanol–water partition coefficient (Wildman–Crippen LogP) is 6.22. The van der Waals surface area contributed by atoms with Crippen LogP contribution in [0.3, 0.4) is 0 Å². The second-order valence-electron chi connectivity index (χ2n) is 6.22. The van der Waals surface area contributed by atoms with Crippen molar-refractivity contribution in [3.05, 3.63) is 97.1 Å². The Hall–Kier alpha value is -3.72. The van der Waals surface area contributed by atoms with E-state index in [4.69, 9.17) is 4.74 Å². The van der Waals surface area contributed by atoms with E-state index in [9.17, 15) is 10.2 Å². The molecule has 0 amide bonds. The van der Waals surface area contributed by atoms with Crippen LogP contribution in [0.4, 0.5) is 0 Å². The Morgan fingerprint density at radius 1 is 0.519 bits per heavy atom. The van der Waals surface area contributed by atoms with Crippen molar-refractivity contribution >= 4 is 0 Å². The zero-order valence-electron chi connectivity index (χ0n) is 14.5. The lowest BCUT2D eigenvalue weighted by atomic mass is 10.0.